The summed E-state index contributed by atoms with van der Waals surface area (Å²) in [6, 6.07) is -0.870. The number of hydrogen-bond donors (Lipinski definition) is 5. The second kappa shape index (κ2) is 8.49. The molecule has 5 N–H and O–H groups in total. The predicted molar refractivity (Wildman–Crippen MR) is 105 cm³/mol. The monoisotopic (exact) mass is 413 g/mol. The molecule has 2 amide bonds. The molecule has 2 aliphatic heterocycles. The summed E-state index contributed by atoms with van der Waals surface area (Å²) >= 11 is 0. The lowest BCUT2D eigenvalue weighted by Crippen LogP contribution is -2.58. The molecule has 2 rings (SSSR count). The number of aliphatic carboxylic acids is 1. The maximum atomic E-state index is 12.9. The molecule has 0 radical (unpaired) electrons. The molecule has 0 unspecified atom stereocenters. The normalized spacial score (nSPS) is 27.3. The Labute approximate surface area is 171 Å². The Kier molecular flexibility index (Phi) is 6.86. The Morgan fingerprint density at radius 1 is 1.28 bits per heavy atom. The van der Waals surface area contributed by atoms with Crippen LogP contribution in [0.4, 0.5) is 4.79 Å². The zero-order chi connectivity index (χ0) is 22.0. The number of carboxylic acid groups (broad SMARTS) is 1. The summed E-state index contributed by atoms with van der Waals surface area (Å²) in [4.78, 5) is 38.5. The maximum absolute atomic E-state index is 12.9. The minimum atomic E-state index is -1.45. The van der Waals surface area contributed by atoms with Gasteiger partial charge in [-0.05, 0) is 53.4 Å². The summed E-state index contributed by atoms with van der Waals surface area (Å²) in [6.45, 7) is 7.43. The highest BCUT2D eigenvalue weighted by molar-refractivity contribution is 6.40. The molecule has 0 aromatic rings. The van der Waals surface area contributed by atoms with Crippen LogP contribution in [0.2, 0.25) is 6.32 Å². The third kappa shape index (κ3) is 5.02. The van der Waals surface area contributed by atoms with Gasteiger partial charge in [0.2, 0.25) is 5.91 Å². The van der Waals surface area contributed by atoms with Gasteiger partial charge in [0.1, 0.15) is 17.2 Å². The quantitative estimate of drug-likeness (QED) is 0.361. The van der Waals surface area contributed by atoms with E-state index in [0.717, 1.165) is 0 Å². The van der Waals surface area contributed by atoms with Gasteiger partial charge in [-0.3, -0.25) is 14.9 Å². The zero-order valence-electron chi connectivity index (χ0n) is 17.5. The molecule has 2 heterocycles. The van der Waals surface area contributed by atoms with Crippen LogP contribution in [0.25, 0.3) is 0 Å². The van der Waals surface area contributed by atoms with E-state index in [1.807, 2.05) is 0 Å². The number of nitrogens with one attached hydrogen (secondary N) is 2. The van der Waals surface area contributed by atoms with E-state index >= 15 is 0 Å². The van der Waals surface area contributed by atoms with Crippen molar-refractivity contribution >= 4 is 25.1 Å². The molecule has 0 saturated carbocycles. The highest BCUT2D eigenvalue weighted by Gasteiger charge is 2.65. The van der Waals surface area contributed by atoms with E-state index in [9.17, 15) is 19.5 Å². The standard InChI is InChI=1S/C18H32BN3O7/c1-12(21-15(26)29-16(2,3)4)13(23)22-10-17(6-5-8-19(27)28)7-9-20-18(17,11-22)14(24)25/h12,20,27-28H,5-11H2,1-4H3,(H,21,26)(H,24,25)/t12-,17+,18+/m0/s1. The molecule has 11 heteroatoms. The zero-order valence-corrected chi connectivity index (χ0v) is 17.5. The molecular formula is C18H32BN3O7. The highest BCUT2D eigenvalue weighted by atomic mass is 16.6. The summed E-state index contributed by atoms with van der Waals surface area (Å²) in [5, 5.41) is 33.8. The third-order valence-corrected chi connectivity index (χ3v) is 5.76. The van der Waals surface area contributed by atoms with Crippen molar-refractivity contribution in [1.82, 2.24) is 15.5 Å². The largest absolute Gasteiger partial charge is 0.480 e. The van der Waals surface area contributed by atoms with Gasteiger partial charge in [0.15, 0.2) is 0 Å². The van der Waals surface area contributed by atoms with Gasteiger partial charge in [-0.15, -0.1) is 0 Å². The van der Waals surface area contributed by atoms with E-state index in [1.165, 1.54) is 11.8 Å². The molecule has 3 atom stereocenters. The fourth-order valence-electron chi connectivity index (χ4n) is 4.45. The molecule has 0 aromatic carbocycles. The average molecular weight is 413 g/mol. The van der Waals surface area contributed by atoms with Gasteiger partial charge in [-0.2, -0.15) is 0 Å². The molecule has 2 saturated heterocycles. The first-order valence-electron chi connectivity index (χ1n) is 9.95. The number of hydrogen-bond acceptors (Lipinski definition) is 7. The summed E-state index contributed by atoms with van der Waals surface area (Å²) in [7, 11) is -1.45. The Morgan fingerprint density at radius 3 is 2.48 bits per heavy atom. The molecule has 29 heavy (non-hydrogen) atoms. The number of amides is 2. The summed E-state index contributed by atoms with van der Waals surface area (Å²) in [6.07, 6.45) is 0.875. The van der Waals surface area contributed by atoms with Crippen LogP contribution in [-0.4, -0.2) is 82.0 Å². The van der Waals surface area contributed by atoms with Crippen LogP contribution in [0.3, 0.4) is 0 Å². The summed E-state index contributed by atoms with van der Waals surface area (Å²) in [5.74, 6) is -1.41. The van der Waals surface area contributed by atoms with Crippen molar-refractivity contribution in [1.29, 1.82) is 0 Å². The lowest BCUT2D eigenvalue weighted by atomic mass is 9.68. The molecular weight excluding hydrogens is 381 g/mol. The number of likely N-dealkylation sites (tertiary alicyclic amines) is 1. The van der Waals surface area contributed by atoms with Gasteiger partial charge in [0.25, 0.3) is 0 Å². The lowest BCUT2D eigenvalue weighted by Gasteiger charge is -2.35. The van der Waals surface area contributed by atoms with Gasteiger partial charge >= 0.3 is 19.2 Å². The van der Waals surface area contributed by atoms with Crippen molar-refractivity contribution in [2.75, 3.05) is 19.6 Å². The fraction of sp³-hybridized carbons (Fsp3) is 0.833. The van der Waals surface area contributed by atoms with Gasteiger partial charge in [0.05, 0.1) is 6.54 Å². The van der Waals surface area contributed by atoms with Gasteiger partial charge in [-0.25, -0.2) is 4.79 Å². The molecule has 0 aliphatic carbocycles. The Hall–Kier alpha value is -1.85. The van der Waals surface area contributed by atoms with E-state index < -0.39 is 41.8 Å². The van der Waals surface area contributed by atoms with Crippen molar-refractivity contribution in [2.24, 2.45) is 5.41 Å². The second-order valence-corrected chi connectivity index (χ2v) is 9.10. The molecule has 2 fully saturated rings. The Balaban J connectivity index is 2.12. The van der Waals surface area contributed by atoms with Crippen LogP contribution in [-0.2, 0) is 14.3 Å². The first kappa shape index (κ1) is 23.4. The van der Waals surface area contributed by atoms with E-state index in [2.05, 4.69) is 10.6 Å². The fourth-order valence-corrected chi connectivity index (χ4v) is 4.45. The number of carboxylic acids is 1. The van der Waals surface area contributed by atoms with Crippen LogP contribution in [0.1, 0.15) is 47.0 Å². The van der Waals surface area contributed by atoms with Crippen LogP contribution >= 0.6 is 0 Å². The van der Waals surface area contributed by atoms with E-state index in [4.69, 9.17) is 14.8 Å². The number of nitrogens with zero attached hydrogens (tertiary/aromatic N) is 1. The molecule has 164 valence electrons. The smallest absolute Gasteiger partial charge is 0.451 e. The highest BCUT2D eigenvalue weighted by Crippen LogP contribution is 2.50. The van der Waals surface area contributed by atoms with Gasteiger partial charge < -0.3 is 30.1 Å². The second-order valence-electron chi connectivity index (χ2n) is 9.10. The summed E-state index contributed by atoms with van der Waals surface area (Å²) < 4.78 is 5.17. The number of carbonyl (C=O) groups excluding carboxylic acids is 2. The number of alkyl carbamates (subject to hydrolysis) is 1. The van der Waals surface area contributed by atoms with Crippen molar-refractivity contribution in [3.63, 3.8) is 0 Å². The SMILES string of the molecule is C[C@H](NC(=O)OC(C)(C)C)C(=O)N1C[C@@]2(CCCB(O)O)CCN[C@@]2(C(=O)O)C1. The number of rotatable bonds is 7. The van der Waals surface area contributed by atoms with Crippen molar-refractivity contribution in [2.45, 2.75) is 70.5 Å². The Bertz CT molecular complexity index is 654. The Morgan fingerprint density at radius 2 is 1.93 bits per heavy atom. The average Bonchev–Trinajstić information content (AvgIpc) is 3.05. The lowest BCUT2D eigenvalue weighted by molar-refractivity contribution is -0.147. The van der Waals surface area contributed by atoms with E-state index in [1.54, 1.807) is 20.8 Å². The number of ether oxygens (including phenoxy) is 1. The number of fused-ring (bicyclic) bond motifs is 1. The van der Waals surface area contributed by atoms with Crippen LogP contribution in [0, 0.1) is 5.41 Å². The van der Waals surface area contributed by atoms with E-state index in [-0.39, 0.29) is 25.3 Å². The molecule has 2 aliphatic rings. The minimum Gasteiger partial charge on any atom is -0.480 e. The minimum absolute atomic E-state index is 0.0107. The van der Waals surface area contributed by atoms with Crippen LogP contribution in [0.5, 0.6) is 0 Å². The van der Waals surface area contributed by atoms with Crippen LogP contribution in [0.15, 0.2) is 0 Å². The molecule has 0 spiro atoms. The molecule has 0 aromatic heterocycles. The molecule has 10 nitrogen and oxygen atoms in total. The summed E-state index contributed by atoms with van der Waals surface area (Å²) in [5.41, 5.74) is -2.68. The maximum Gasteiger partial charge on any atom is 0.451 e. The van der Waals surface area contributed by atoms with Gasteiger partial charge in [0, 0.05) is 12.0 Å². The van der Waals surface area contributed by atoms with Crippen molar-refractivity contribution < 1.29 is 34.3 Å². The van der Waals surface area contributed by atoms with Crippen molar-refractivity contribution in [3.8, 4) is 0 Å². The number of carbonyl (C=O) groups is 3. The van der Waals surface area contributed by atoms with Crippen LogP contribution < -0.4 is 10.6 Å². The van der Waals surface area contributed by atoms with E-state index in [0.29, 0.717) is 25.8 Å². The van der Waals surface area contributed by atoms with Crippen molar-refractivity contribution in [3.05, 3.63) is 0 Å². The first-order chi connectivity index (χ1) is 13.3. The third-order valence-electron chi connectivity index (χ3n) is 5.76. The van der Waals surface area contributed by atoms with Gasteiger partial charge in [-0.1, -0.05) is 6.42 Å². The first-order valence-corrected chi connectivity index (χ1v) is 9.95. The molecule has 0 bridgehead atoms. The predicted octanol–water partition coefficient (Wildman–Crippen LogP) is -0.202. The topological polar surface area (TPSA) is 148 Å².